The third-order valence-electron chi connectivity index (χ3n) is 7.17. The predicted octanol–water partition coefficient (Wildman–Crippen LogP) is 7.66. The van der Waals surface area contributed by atoms with Crippen LogP contribution in [0.25, 0.3) is 5.69 Å². The fourth-order valence-corrected chi connectivity index (χ4v) is 6.28. The summed E-state index contributed by atoms with van der Waals surface area (Å²) in [6, 6.07) is 19.2. The first-order valence-corrected chi connectivity index (χ1v) is 13.4. The molecule has 0 spiro atoms. The van der Waals surface area contributed by atoms with E-state index in [-0.39, 0.29) is 12.1 Å². The lowest BCUT2D eigenvalue weighted by Crippen LogP contribution is -2.29. The summed E-state index contributed by atoms with van der Waals surface area (Å²) in [5.41, 5.74) is 12.0. The largest absolute Gasteiger partial charge is 0.351 e. The van der Waals surface area contributed by atoms with E-state index in [2.05, 4.69) is 115 Å². The Morgan fingerprint density at radius 2 is 1.61 bits per heavy atom. The van der Waals surface area contributed by atoms with Gasteiger partial charge in [0.25, 0.3) is 0 Å². The Hall–Kier alpha value is -2.96. The van der Waals surface area contributed by atoms with E-state index >= 15 is 0 Å². The van der Waals surface area contributed by atoms with Crippen molar-refractivity contribution in [2.75, 3.05) is 4.90 Å². The summed E-state index contributed by atoms with van der Waals surface area (Å²) >= 11 is 9.60. The molecule has 2 aromatic heterocycles. The minimum absolute atomic E-state index is 0.0426. The van der Waals surface area contributed by atoms with Crippen molar-refractivity contribution in [2.24, 2.45) is 0 Å². The van der Waals surface area contributed by atoms with Crippen LogP contribution in [0.3, 0.4) is 0 Å². The van der Waals surface area contributed by atoms with Gasteiger partial charge < -0.3 is 14.8 Å². The van der Waals surface area contributed by atoms with Gasteiger partial charge in [-0.25, -0.2) is 0 Å². The van der Waals surface area contributed by atoms with Crippen LogP contribution in [0.4, 0.5) is 5.69 Å². The van der Waals surface area contributed by atoms with Crippen LogP contribution in [0.1, 0.15) is 57.0 Å². The van der Waals surface area contributed by atoms with E-state index in [0.717, 1.165) is 15.9 Å². The summed E-state index contributed by atoms with van der Waals surface area (Å²) in [6.07, 6.45) is 1.85. The van der Waals surface area contributed by atoms with Gasteiger partial charge in [0.1, 0.15) is 0 Å². The quantitative estimate of drug-likeness (QED) is 0.260. The van der Waals surface area contributed by atoms with Crippen molar-refractivity contribution in [3.63, 3.8) is 0 Å². The number of anilines is 1. The number of halogens is 1. The van der Waals surface area contributed by atoms with Gasteiger partial charge in [0, 0.05) is 27.7 Å². The van der Waals surface area contributed by atoms with Gasteiger partial charge >= 0.3 is 0 Å². The van der Waals surface area contributed by atoms with Gasteiger partial charge in [0.15, 0.2) is 5.11 Å². The number of aryl methyl sites for hydroxylation is 5. The Kier molecular flexibility index (Phi) is 6.52. The van der Waals surface area contributed by atoms with E-state index in [9.17, 15) is 0 Å². The summed E-state index contributed by atoms with van der Waals surface area (Å²) < 4.78 is 3.49. The molecule has 0 amide bonds. The number of pyridine rings is 1. The van der Waals surface area contributed by atoms with Crippen molar-refractivity contribution in [1.29, 1.82) is 0 Å². The first kappa shape index (κ1) is 24.7. The van der Waals surface area contributed by atoms with Crippen LogP contribution in [0.5, 0.6) is 0 Å². The van der Waals surface area contributed by atoms with Crippen LogP contribution in [0.2, 0.25) is 0 Å². The lowest BCUT2D eigenvalue weighted by atomic mass is 9.96. The van der Waals surface area contributed by atoms with Crippen molar-refractivity contribution in [2.45, 2.75) is 53.6 Å². The van der Waals surface area contributed by atoms with Crippen LogP contribution >= 0.6 is 28.1 Å². The highest BCUT2D eigenvalue weighted by molar-refractivity contribution is 9.10. The summed E-state index contributed by atoms with van der Waals surface area (Å²) in [6.45, 7) is 13.1. The first-order valence-electron chi connectivity index (χ1n) is 12.2. The number of hydrogen-bond donors (Lipinski definition) is 1. The molecule has 5 rings (SSSR count). The summed E-state index contributed by atoms with van der Waals surface area (Å²) in [4.78, 5) is 6.98. The number of rotatable bonds is 4. The van der Waals surface area contributed by atoms with Crippen LogP contribution in [-0.4, -0.2) is 14.7 Å². The third kappa shape index (κ3) is 4.16. The maximum Gasteiger partial charge on any atom is 0.174 e. The van der Waals surface area contributed by atoms with Gasteiger partial charge in [-0.05, 0) is 112 Å². The maximum atomic E-state index is 5.95. The second-order valence-corrected chi connectivity index (χ2v) is 11.1. The fourth-order valence-electron chi connectivity index (χ4n) is 5.68. The number of aromatic nitrogens is 2. The molecule has 0 saturated carbocycles. The molecule has 4 nitrogen and oxygen atoms in total. The van der Waals surface area contributed by atoms with E-state index in [1.165, 1.54) is 44.9 Å². The van der Waals surface area contributed by atoms with E-state index in [0.29, 0.717) is 5.11 Å². The molecule has 184 valence electrons. The normalized spacial score (nSPS) is 17.5. The van der Waals surface area contributed by atoms with Crippen LogP contribution in [-0.2, 0) is 0 Å². The van der Waals surface area contributed by atoms with Crippen LogP contribution in [0.15, 0.2) is 65.3 Å². The van der Waals surface area contributed by atoms with Crippen molar-refractivity contribution >= 4 is 38.9 Å². The molecular formula is C30H31BrN4S. The Balaban J connectivity index is 1.72. The summed E-state index contributed by atoms with van der Waals surface area (Å²) in [5, 5.41) is 4.31. The fraction of sp³-hybridized carbons (Fsp3) is 0.267. The third-order valence-corrected chi connectivity index (χ3v) is 8.37. The van der Waals surface area contributed by atoms with E-state index in [4.69, 9.17) is 17.2 Å². The monoisotopic (exact) mass is 558 g/mol. The van der Waals surface area contributed by atoms with E-state index < -0.39 is 0 Å². The summed E-state index contributed by atoms with van der Waals surface area (Å²) in [5.74, 6) is 0. The lowest BCUT2D eigenvalue weighted by molar-refractivity contribution is 0.565. The van der Waals surface area contributed by atoms with Crippen molar-refractivity contribution in [1.82, 2.24) is 14.9 Å². The smallest absolute Gasteiger partial charge is 0.174 e. The number of benzene rings is 2. The predicted molar refractivity (Wildman–Crippen MR) is 156 cm³/mol. The van der Waals surface area contributed by atoms with Crippen molar-refractivity contribution < 1.29 is 0 Å². The van der Waals surface area contributed by atoms with Gasteiger partial charge in [0.2, 0.25) is 0 Å². The number of nitrogens with zero attached hydrogens (tertiary/aromatic N) is 3. The standard InChI is InChI=1S/C30H31BrN4S/c1-17-13-19(3)28(20(4)14-17)34-21(5)16-24(22(34)6)29-27(26-9-7-8-12-32-26)33-30(36)35(29)23-10-11-25(31)18(2)15-23/h7-16,27,29H,1-6H3,(H,33,36). The molecule has 3 heterocycles. The van der Waals surface area contributed by atoms with Gasteiger partial charge in [-0.2, -0.15) is 0 Å². The average Bonchev–Trinajstić information content (AvgIpc) is 3.32. The van der Waals surface area contributed by atoms with Gasteiger partial charge in [-0.15, -0.1) is 0 Å². The summed E-state index contributed by atoms with van der Waals surface area (Å²) in [7, 11) is 0. The molecule has 1 aliphatic heterocycles. The first-order chi connectivity index (χ1) is 17.2. The molecule has 1 fully saturated rings. The zero-order valence-electron chi connectivity index (χ0n) is 21.6. The minimum atomic E-state index is -0.0724. The highest BCUT2D eigenvalue weighted by Crippen LogP contribution is 2.44. The molecule has 2 atom stereocenters. The molecule has 1 saturated heterocycles. The number of nitrogens with one attached hydrogen (secondary N) is 1. The van der Waals surface area contributed by atoms with E-state index in [1.54, 1.807) is 0 Å². The molecule has 4 aromatic rings. The highest BCUT2D eigenvalue weighted by atomic mass is 79.9. The minimum Gasteiger partial charge on any atom is -0.351 e. The molecule has 6 heteroatoms. The van der Waals surface area contributed by atoms with Crippen LogP contribution < -0.4 is 10.2 Å². The second-order valence-electron chi connectivity index (χ2n) is 9.84. The SMILES string of the molecule is Cc1cc(C)c(-n2c(C)cc(C3C(c4ccccn4)NC(=S)N3c3ccc(Br)c(C)c3)c2C)c(C)c1. The lowest BCUT2D eigenvalue weighted by Gasteiger charge is -2.29. The second kappa shape index (κ2) is 9.49. The van der Waals surface area contributed by atoms with Crippen LogP contribution in [0, 0.1) is 41.5 Å². The Labute approximate surface area is 227 Å². The Bertz CT molecular complexity index is 1450. The maximum absolute atomic E-state index is 5.95. The topological polar surface area (TPSA) is 33.1 Å². The highest BCUT2D eigenvalue weighted by Gasteiger charge is 2.42. The zero-order valence-corrected chi connectivity index (χ0v) is 24.0. The van der Waals surface area contributed by atoms with Crippen molar-refractivity contribution in [3.05, 3.63) is 110 Å². The van der Waals surface area contributed by atoms with Gasteiger partial charge in [-0.1, -0.05) is 39.7 Å². The molecule has 0 bridgehead atoms. The van der Waals surface area contributed by atoms with E-state index in [1.807, 2.05) is 18.3 Å². The molecule has 1 N–H and O–H groups in total. The molecule has 0 radical (unpaired) electrons. The Morgan fingerprint density at radius 1 is 0.889 bits per heavy atom. The molecule has 2 unspecified atom stereocenters. The molecule has 36 heavy (non-hydrogen) atoms. The molecule has 1 aliphatic rings. The molecule has 0 aliphatic carbocycles. The number of hydrogen-bond acceptors (Lipinski definition) is 2. The Morgan fingerprint density at radius 3 is 2.25 bits per heavy atom. The molecular weight excluding hydrogens is 528 g/mol. The molecule has 2 aromatic carbocycles. The van der Waals surface area contributed by atoms with Gasteiger partial charge in [0.05, 0.1) is 23.5 Å². The van der Waals surface area contributed by atoms with Crippen molar-refractivity contribution in [3.8, 4) is 5.69 Å². The zero-order chi connectivity index (χ0) is 25.7. The van der Waals surface area contributed by atoms with Gasteiger partial charge in [-0.3, -0.25) is 4.98 Å². The average molecular weight is 560 g/mol. The number of thiocarbonyl (C=S) groups is 1.